The van der Waals surface area contributed by atoms with Gasteiger partial charge in [-0.15, -0.1) is 11.6 Å². The molecule has 2 aromatic carbocycles. The zero-order valence-electron chi connectivity index (χ0n) is 9.87. The minimum absolute atomic E-state index is 0.458. The summed E-state index contributed by atoms with van der Waals surface area (Å²) in [6, 6.07) is 14.7. The fourth-order valence-electron chi connectivity index (χ4n) is 2.36. The van der Waals surface area contributed by atoms with Gasteiger partial charge in [0.1, 0.15) is 0 Å². The van der Waals surface area contributed by atoms with Crippen molar-refractivity contribution in [2.75, 3.05) is 4.90 Å². The molecule has 1 heterocycles. The van der Waals surface area contributed by atoms with Gasteiger partial charge in [-0.25, -0.2) is 0 Å². The average Bonchev–Trinajstić information content (AvgIpc) is 2.82. The van der Waals surface area contributed by atoms with E-state index in [-0.39, 0.29) is 0 Å². The summed E-state index contributed by atoms with van der Waals surface area (Å²) >= 11 is 12.0. The molecule has 1 aliphatic rings. The summed E-state index contributed by atoms with van der Waals surface area (Å²) in [5, 5.41) is 0.749. The first kappa shape index (κ1) is 11.9. The molecule has 0 aliphatic carbocycles. The van der Waals surface area contributed by atoms with Crippen molar-refractivity contribution in [1.29, 1.82) is 0 Å². The predicted molar refractivity (Wildman–Crippen MR) is 77.3 cm³/mol. The van der Waals surface area contributed by atoms with Crippen LogP contribution in [0.4, 0.5) is 5.69 Å². The van der Waals surface area contributed by atoms with Gasteiger partial charge in [-0.1, -0.05) is 41.9 Å². The molecular weight excluding hydrogens is 265 g/mol. The Balaban J connectivity index is 1.88. The number of alkyl halides is 1. The van der Waals surface area contributed by atoms with E-state index >= 15 is 0 Å². The highest BCUT2D eigenvalue weighted by Crippen LogP contribution is 2.31. The number of nitrogens with zero attached hydrogens (tertiary/aromatic N) is 1. The van der Waals surface area contributed by atoms with Crippen molar-refractivity contribution < 1.29 is 0 Å². The van der Waals surface area contributed by atoms with E-state index in [9.17, 15) is 0 Å². The maximum absolute atomic E-state index is 6.21. The van der Waals surface area contributed by atoms with E-state index in [1.807, 2.05) is 12.1 Å². The molecule has 1 aliphatic heterocycles. The van der Waals surface area contributed by atoms with Crippen LogP contribution in [-0.4, -0.2) is 0 Å². The summed E-state index contributed by atoms with van der Waals surface area (Å²) in [5.74, 6) is 0.458. The normalized spacial score (nSPS) is 13.8. The van der Waals surface area contributed by atoms with E-state index in [1.165, 1.54) is 11.1 Å². The first-order valence-electron chi connectivity index (χ1n) is 5.94. The minimum atomic E-state index is 0.458. The number of benzene rings is 2. The number of rotatable bonds is 2. The first-order valence-corrected chi connectivity index (χ1v) is 6.85. The van der Waals surface area contributed by atoms with Crippen molar-refractivity contribution in [3.8, 4) is 0 Å². The van der Waals surface area contributed by atoms with Gasteiger partial charge in [0.25, 0.3) is 0 Å². The van der Waals surface area contributed by atoms with Crippen molar-refractivity contribution >= 4 is 28.9 Å². The van der Waals surface area contributed by atoms with Crippen molar-refractivity contribution in [3.63, 3.8) is 0 Å². The van der Waals surface area contributed by atoms with E-state index in [2.05, 4.69) is 35.2 Å². The SMILES string of the molecule is ClCc1ccc(N2Cc3ccccc3C2)cc1Cl. The fraction of sp³-hybridized carbons (Fsp3) is 0.200. The summed E-state index contributed by atoms with van der Waals surface area (Å²) in [7, 11) is 0. The molecule has 3 rings (SSSR count). The summed E-state index contributed by atoms with van der Waals surface area (Å²) < 4.78 is 0. The summed E-state index contributed by atoms with van der Waals surface area (Å²) in [6.07, 6.45) is 0. The maximum atomic E-state index is 6.21. The summed E-state index contributed by atoms with van der Waals surface area (Å²) in [4.78, 5) is 2.33. The van der Waals surface area contributed by atoms with Gasteiger partial charge in [0.2, 0.25) is 0 Å². The molecule has 0 amide bonds. The van der Waals surface area contributed by atoms with Gasteiger partial charge in [0.15, 0.2) is 0 Å². The summed E-state index contributed by atoms with van der Waals surface area (Å²) in [5.41, 5.74) is 4.94. The highest BCUT2D eigenvalue weighted by Gasteiger charge is 2.18. The van der Waals surface area contributed by atoms with E-state index in [1.54, 1.807) is 0 Å². The molecular formula is C15H13Cl2N. The molecule has 0 saturated carbocycles. The van der Waals surface area contributed by atoms with Crippen LogP contribution in [0.25, 0.3) is 0 Å². The number of halogens is 2. The molecule has 0 fully saturated rings. The molecule has 92 valence electrons. The quantitative estimate of drug-likeness (QED) is 0.726. The van der Waals surface area contributed by atoms with Crippen LogP contribution in [0.5, 0.6) is 0 Å². The smallest absolute Gasteiger partial charge is 0.0488 e. The molecule has 0 aromatic heterocycles. The molecule has 18 heavy (non-hydrogen) atoms. The molecule has 0 bridgehead atoms. The highest BCUT2D eigenvalue weighted by molar-refractivity contribution is 6.32. The van der Waals surface area contributed by atoms with Gasteiger partial charge in [0, 0.05) is 29.7 Å². The van der Waals surface area contributed by atoms with Crippen LogP contribution in [0, 0.1) is 0 Å². The van der Waals surface area contributed by atoms with Gasteiger partial charge >= 0.3 is 0 Å². The lowest BCUT2D eigenvalue weighted by atomic mass is 10.1. The van der Waals surface area contributed by atoms with Crippen LogP contribution < -0.4 is 4.90 Å². The maximum Gasteiger partial charge on any atom is 0.0488 e. The van der Waals surface area contributed by atoms with Gasteiger partial charge in [0.05, 0.1) is 0 Å². The van der Waals surface area contributed by atoms with Crippen molar-refractivity contribution in [1.82, 2.24) is 0 Å². The van der Waals surface area contributed by atoms with Crippen LogP contribution >= 0.6 is 23.2 Å². The van der Waals surface area contributed by atoms with Crippen LogP contribution in [0.2, 0.25) is 5.02 Å². The van der Waals surface area contributed by atoms with Crippen LogP contribution in [0.3, 0.4) is 0 Å². The molecule has 2 aromatic rings. The highest BCUT2D eigenvalue weighted by atomic mass is 35.5. The molecule has 3 heteroatoms. The van der Waals surface area contributed by atoms with E-state index in [4.69, 9.17) is 23.2 Å². The Morgan fingerprint density at radius 2 is 1.67 bits per heavy atom. The second kappa shape index (κ2) is 4.83. The van der Waals surface area contributed by atoms with Crippen molar-refractivity contribution in [2.24, 2.45) is 0 Å². The predicted octanol–water partition coefficient (Wildman–Crippen LogP) is 4.60. The molecule has 0 saturated heterocycles. The molecule has 0 radical (unpaired) electrons. The van der Waals surface area contributed by atoms with Gasteiger partial charge < -0.3 is 4.90 Å². The lowest BCUT2D eigenvalue weighted by Gasteiger charge is -2.18. The van der Waals surface area contributed by atoms with Gasteiger partial charge in [-0.2, -0.15) is 0 Å². The van der Waals surface area contributed by atoms with Crippen LogP contribution in [0.1, 0.15) is 16.7 Å². The lowest BCUT2D eigenvalue weighted by Crippen LogP contribution is -2.14. The minimum Gasteiger partial charge on any atom is -0.363 e. The Hall–Kier alpha value is -1.18. The summed E-state index contributed by atoms with van der Waals surface area (Å²) in [6.45, 7) is 1.90. The van der Waals surface area contributed by atoms with Gasteiger partial charge in [-0.3, -0.25) is 0 Å². The molecule has 0 N–H and O–H groups in total. The van der Waals surface area contributed by atoms with Crippen LogP contribution in [-0.2, 0) is 19.0 Å². The third kappa shape index (κ3) is 2.09. The van der Waals surface area contributed by atoms with Crippen LogP contribution in [0.15, 0.2) is 42.5 Å². The molecule has 0 unspecified atom stereocenters. The second-order valence-corrected chi connectivity index (χ2v) is 5.21. The van der Waals surface area contributed by atoms with Crippen molar-refractivity contribution in [2.45, 2.75) is 19.0 Å². The average molecular weight is 278 g/mol. The molecule has 0 atom stereocenters. The van der Waals surface area contributed by atoms with E-state index in [0.29, 0.717) is 5.88 Å². The molecule has 0 spiro atoms. The monoisotopic (exact) mass is 277 g/mol. The number of hydrogen-bond donors (Lipinski definition) is 0. The lowest BCUT2D eigenvalue weighted by molar-refractivity contribution is 0.880. The topological polar surface area (TPSA) is 3.24 Å². The van der Waals surface area contributed by atoms with Gasteiger partial charge in [-0.05, 0) is 28.8 Å². The molecule has 1 nitrogen and oxygen atoms in total. The van der Waals surface area contributed by atoms with Crippen molar-refractivity contribution in [3.05, 3.63) is 64.2 Å². The largest absolute Gasteiger partial charge is 0.363 e. The second-order valence-electron chi connectivity index (χ2n) is 4.53. The number of anilines is 1. The third-order valence-corrected chi connectivity index (χ3v) is 4.03. The first-order chi connectivity index (χ1) is 8.78. The zero-order chi connectivity index (χ0) is 12.5. The number of hydrogen-bond acceptors (Lipinski definition) is 1. The Bertz CT molecular complexity index is 555. The Kier molecular flexibility index (Phi) is 3.19. The standard InChI is InChI=1S/C15H13Cl2N/c16-8-11-5-6-14(7-15(11)17)18-9-12-3-1-2-4-13(12)10-18/h1-7H,8-10H2. The Morgan fingerprint density at radius 3 is 2.22 bits per heavy atom. The third-order valence-electron chi connectivity index (χ3n) is 3.39. The van der Waals surface area contributed by atoms with E-state index < -0.39 is 0 Å². The Morgan fingerprint density at radius 1 is 1.00 bits per heavy atom. The fourth-order valence-corrected chi connectivity index (χ4v) is 2.90. The zero-order valence-corrected chi connectivity index (χ0v) is 11.4. The van der Waals surface area contributed by atoms with E-state index in [0.717, 1.165) is 29.4 Å². The number of fused-ring (bicyclic) bond motifs is 1. The Labute approximate surface area is 117 Å².